The van der Waals surface area contributed by atoms with Crippen LogP contribution in [0.1, 0.15) is 49.6 Å². The first-order chi connectivity index (χ1) is 13.5. The number of aromatic amines is 1. The van der Waals surface area contributed by atoms with Crippen molar-refractivity contribution in [3.63, 3.8) is 0 Å². The van der Waals surface area contributed by atoms with Gasteiger partial charge in [0.05, 0.1) is 6.04 Å². The lowest BCUT2D eigenvalue weighted by molar-refractivity contribution is -0.134. The van der Waals surface area contributed by atoms with Gasteiger partial charge in [-0.2, -0.15) is 0 Å². The van der Waals surface area contributed by atoms with Crippen LogP contribution in [0, 0.1) is 5.92 Å². The van der Waals surface area contributed by atoms with Crippen LogP contribution in [0.3, 0.4) is 0 Å². The molecule has 0 saturated heterocycles. The number of carbonyl (C=O) groups excluding carboxylic acids is 1. The van der Waals surface area contributed by atoms with Gasteiger partial charge in [0.25, 0.3) is 0 Å². The molecule has 2 aromatic carbocycles. The normalized spacial score (nSPS) is 16.6. The molecule has 0 aliphatic carbocycles. The molecular formula is C24H27ClN2O. The van der Waals surface area contributed by atoms with E-state index in [0.29, 0.717) is 12.3 Å². The fourth-order valence-corrected chi connectivity index (χ4v) is 4.54. The van der Waals surface area contributed by atoms with Crippen LogP contribution in [0.25, 0.3) is 10.9 Å². The average molecular weight is 395 g/mol. The van der Waals surface area contributed by atoms with E-state index >= 15 is 0 Å². The third-order valence-electron chi connectivity index (χ3n) is 5.70. The minimum absolute atomic E-state index is 0.109. The zero-order valence-corrected chi connectivity index (χ0v) is 17.3. The molecule has 3 aromatic rings. The molecule has 0 fully saturated rings. The van der Waals surface area contributed by atoms with E-state index in [-0.39, 0.29) is 11.9 Å². The number of benzene rings is 2. The zero-order valence-electron chi connectivity index (χ0n) is 16.5. The molecule has 4 heteroatoms. The van der Waals surface area contributed by atoms with E-state index in [1.54, 1.807) is 0 Å². The fraction of sp³-hybridized carbons (Fsp3) is 0.375. The molecule has 1 amide bonds. The van der Waals surface area contributed by atoms with Crippen LogP contribution in [0.5, 0.6) is 0 Å². The van der Waals surface area contributed by atoms with Crippen molar-refractivity contribution >= 4 is 28.4 Å². The lowest BCUT2D eigenvalue weighted by Crippen LogP contribution is -2.40. The molecule has 0 saturated carbocycles. The number of hydrogen-bond acceptors (Lipinski definition) is 1. The summed E-state index contributed by atoms with van der Waals surface area (Å²) in [7, 11) is 0. The Labute approximate surface area is 171 Å². The maximum Gasteiger partial charge on any atom is 0.223 e. The molecule has 1 aromatic heterocycles. The molecule has 0 unspecified atom stereocenters. The summed E-state index contributed by atoms with van der Waals surface area (Å²) in [5.74, 6) is 0.757. The summed E-state index contributed by atoms with van der Waals surface area (Å²) in [6.07, 6.45) is 3.19. The third kappa shape index (κ3) is 3.81. The number of aryl methyl sites for hydroxylation is 1. The predicted molar refractivity (Wildman–Crippen MR) is 116 cm³/mol. The highest BCUT2D eigenvalue weighted by atomic mass is 35.5. The smallest absolute Gasteiger partial charge is 0.223 e. The number of fused-ring (bicyclic) bond motifs is 3. The second kappa shape index (κ2) is 8.00. The number of carbonyl (C=O) groups is 1. The van der Waals surface area contributed by atoms with E-state index in [4.69, 9.17) is 11.6 Å². The van der Waals surface area contributed by atoms with Gasteiger partial charge in [0.2, 0.25) is 5.91 Å². The Morgan fingerprint density at radius 2 is 2.00 bits per heavy atom. The molecule has 0 spiro atoms. The van der Waals surface area contributed by atoms with Crippen LogP contribution < -0.4 is 0 Å². The molecule has 0 bridgehead atoms. The van der Waals surface area contributed by atoms with Crippen LogP contribution in [-0.2, 0) is 17.6 Å². The highest BCUT2D eigenvalue weighted by Gasteiger charge is 2.33. The van der Waals surface area contributed by atoms with E-state index in [0.717, 1.165) is 36.3 Å². The van der Waals surface area contributed by atoms with Crippen molar-refractivity contribution in [2.45, 2.75) is 45.6 Å². The predicted octanol–water partition coefficient (Wildman–Crippen LogP) is 5.93. The molecule has 1 atom stereocenters. The largest absolute Gasteiger partial charge is 0.356 e. The third-order valence-corrected chi connectivity index (χ3v) is 5.93. The summed E-state index contributed by atoms with van der Waals surface area (Å²) in [5.41, 5.74) is 4.86. The maximum atomic E-state index is 13.1. The van der Waals surface area contributed by atoms with Gasteiger partial charge in [-0.25, -0.2) is 0 Å². The van der Waals surface area contributed by atoms with E-state index in [9.17, 15) is 4.79 Å². The van der Waals surface area contributed by atoms with E-state index < -0.39 is 0 Å². The van der Waals surface area contributed by atoms with Crippen molar-refractivity contribution in [1.82, 2.24) is 9.88 Å². The van der Waals surface area contributed by atoms with E-state index in [1.165, 1.54) is 22.2 Å². The minimum atomic E-state index is 0.109. The summed E-state index contributed by atoms with van der Waals surface area (Å²) in [4.78, 5) is 18.8. The Morgan fingerprint density at radius 1 is 1.21 bits per heavy atom. The van der Waals surface area contributed by atoms with Gasteiger partial charge in [-0.15, -0.1) is 0 Å². The molecular weight excluding hydrogens is 368 g/mol. The van der Waals surface area contributed by atoms with Crippen LogP contribution >= 0.6 is 11.6 Å². The lowest BCUT2D eigenvalue weighted by atomic mass is 9.91. The summed E-state index contributed by atoms with van der Waals surface area (Å²) in [6.45, 7) is 5.22. The molecule has 4 rings (SSSR count). The van der Waals surface area contributed by atoms with Crippen LogP contribution in [0.4, 0.5) is 0 Å². The fourth-order valence-electron chi connectivity index (χ4n) is 4.37. The molecule has 3 nitrogen and oxygen atoms in total. The molecule has 0 radical (unpaired) electrons. The summed E-state index contributed by atoms with van der Waals surface area (Å²) in [6, 6.07) is 16.4. The molecule has 1 aliphatic heterocycles. The van der Waals surface area contributed by atoms with Gasteiger partial charge < -0.3 is 9.88 Å². The lowest BCUT2D eigenvalue weighted by Gasteiger charge is -2.37. The molecule has 1 aliphatic rings. The van der Waals surface area contributed by atoms with Crippen molar-refractivity contribution in [2.75, 3.05) is 6.54 Å². The van der Waals surface area contributed by atoms with Crippen LogP contribution in [0.15, 0.2) is 48.5 Å². The second-order valence-electron chi connectivity index (χ2n) is 8.18. The number of hydrogen-bond donors (Lipinski definition) is 1. The van der Waals surface area contributed by atoms with Gasteiger partial charge in [0.1, 0.15) is 0 Å². The zero-order chi connectivity index (χ0) is 19.7. The second-order valence-corrected chi connectivity index (χ2v) is 8.61. The van der Waals surface area contributed by atoms with Gasteiger partial charge in [-0.1, -0.05) is 55.8 Å². The highest BCUT2D eigenvalue weighted by molar-refractivity contribution is 6.31. The van der Waals surface area contributed by atoms with Crippen molar-refractivity contribution in [1.29, 1.82) is 0 Å². The van der Waals surface area contributed by atoms with Crippen molar-refractivity contribution in [3.8, 4) is 0 Å². The first-order valence-corrected chi connectivity index (χ1v) is 10.5. The SMILES string of the molecule is CC(C)C[C@H]1c2[nH]c3ccc(Cl)cc3c2CCN1C(=O)CCc1ccccc1. The topological polar surface area (TPSA) is 36.1 Å². The Balaban J connectivity index is 1.61. The molecule has 2 heterocycles. The number of halogens is 1. The van der Waals surface area contributed by atoms with Gasteiger partial charge in [-0.3, -0.25) is 4.79 Å². The van der Waals surface area contributed by atoms with Crippen molar-refractivity contribution in [2.24, 2.45) is 5.92 Å². The number of nitrogens with one attached hydrogen (secondary N) is 1. The van der Waals surface area contributed by atoms with Gasteiger partial charge in [-0.05, 0) is 54.5 Å². The highest BCUT2D eigenvalue weighted by Crippen LogP contribution is 2.38. The van der Waals surface area contributed by atoms with Gasteiger partial charge in [0.15, 0.2) is 0 Å². The van der Waals surface area contributed by atoms with E-state index in [1.807, 2.05) is 36.4 Å². The molecule has 146 valence electrons. The Morgan fingerprint density at radius 3 is 2.75 bits per heavy atom. The summed E-state index contributed by atoms with van der Waals surface area (Å²) >= 11 is 6.24. The van der Waals surface area contributed by atoms with Crippen molar-refractivity contribution < 1.29 is 4.79 Å². The Bertz CT molecular complexity index is 977. The first kappa shape index (κ1) is 19.1. The van der Waals surface area contributed by atoms with Crippen LogP contribution in [-0.4, -0.2) is 22.3 Å². The first-order valence-electron chi connectivity index (χ1n) is 10.2. The Hall–Kier alpha value is -2.26. The van der Waals surface area contributed by atoms with Gasteiger partial charge in [0, 0.05) is 34.6 Å². The Kier molecular flexibility index (Phi) is 5.45. The van der Waals surface area contributed by atoms with Gasteiger partial charge >= 0.3 is 0 Å². The number of rotatable bonds is 5. The standard InChI is InChI=1S/C24H27ClN2O/c1-16(2)14-22-24-19(20-15-18(25)9-10-21(20)26-24)12-13-27(22)23(28)11-8-17-6-4-3-5-7-17/h3-7,9-10,15-16,22,26H,8,11-14H2,1-2H3/t22-/m0/s1. The number of aromatic nitrogens is 1. The number of amides is 1. The minimum Gasteiger partial charge on any atom is -0.356 e. The number of H-pyrrole nitrogens is 1. The number of nitrogens with zero attached hydrogens (tertiary/aromatic N) is 1. The maximum absolute atomic E-state index is 13.1. The average Bonchev–Trinajstić information content (AvgIpc) is 3.05. The summed E-state index contributed by atoms with van der Waals surface area (Å²) < 4.78 is 0. The summed E-state index contributed by atoms with van der Waals surface area (Å²) in [5, 5.41) is 1.96. The molecule has 1 N–H and O–H groups in total. The molecule has 28 heavy (non-hydrogen) atoms. The monoisotopic (exact) mass is 394 g/mol. The van der Waals surface area contributed by atoms with Crippen molar-refractivity contribution in [3.05, 3.63) is 70.4 Å². The van der Waals surface area contributed by atoms with Crippen LogP contribution in [0.2, 0.25) is 5.02 Å². The van der Waals surface area contributed by atoms with E-state index in [2.05, 4.69) is 35.9 Å². The quantitative estimate of drug-likeness (QED) is 0.572.